The largest absolute Gasteiger partial charge is 0.481 e. The number of urea groups is 1. The summed E-state index contributed by atoms with van der Waals surface area (Å²) in [6.07, 6.45) is 2.19. The Balaban J connectivity index is 2.00. The maximum Gasteiger partial charge on any atom is 0.323 e. The number of hydrogen-bond donors (Lipinski definition) is 2. The normalized spacial score (nSPS) is 23.1. The number of rotatable bonds is 2. The number of carboxylic acids is 1. The van der Waals surface area contributed by atoms with Gasteiger partial charge in [0.2, 0.25) is 0 Å². The van der Waals surface area contributed by atoms with Crippen LogP contribution in [0.25, 0.3) is 0 Å². The highest BCUT2D eigenvalue weighted by atomic mass is 32.1. The van der Waals surface area contributed by atoms with E-state index >= 15 is 0 Å². The number of hydrogen-bond acceptors (Lipinski definition) is 4. The fourth-order valence-corrected chi connectivity index (χ4v) is 2.79. The molecule has 2 heterocycles. The second-order valence-corrected chi connectivity index (χ2v) is 5.61. The van der Waals surface area contributed by atoms with Gasteiger partial charge in [-0.25, -0.2) is 9.78 Å². The predicted molar refractivity (Wildman–Crippen MR) is 67.8 cm³/mol. The van der Waals surface area contributed by atoms with Crippen molar-refractivity contribution in [1.29, 1.82) is 0 Å². The molecule has 2 unspecified atom stereocenters. The highest BCUT2D eigenvalue weighted by molar-refractivity contribution is 7.15. The van der Waals surface area contributed by atoms with Gasteiger partial charge in [-0.05, 0) is 20.3 Å². The molecule has 0 aromatic carbocycles. The molecule has 1 saturated heterocycles. The molecule has 7 heteroatoms. The number of aliphatic carboxylic acids is 1. The van der Waals surface area contributed by atoms with Crippen LogP contribution in [-0.2, 0) is 4.79 Å². The Morgan fingerprint density at radius 1 is 1.61 bits per heavy atom. The molecular formula is C11H15N3O3S. The third-order valence-corrected chi connectivity index (χ3v) is 4.00. The smallest absolute Gasteiger partial charge is 0.323 e. The van der Waals surface area contributed by atoms with Crippen molar-refractivity contribution in [3.63, 3.8) is 0 Å². The number of carbonyl (C=O) groups is 2. The number of amides is 2. The van der Waals surface area contributed by atoms with Crippen LogP contribution >= 0.6 is 11.3 Å². The Bertz CT molecular complexity index is 474. The number of aryl methyl sites for hydroxylation is 1. The van der Waals surface area contributed by atoms with Gasteiger partial charge in [0.1, 0.15) is 0 Å². The fraction of sp³-hybridized carbons (Fsp3) is 0.545. The van der Waals surface area contributed by atoms with E-state index in [4.69, 9.17) is 5.11 Å². The van der Waals surface area contributed by atoms with Gasteiger partial charge in [0.05, 0.1) is 5.92 Å². The lowest BCUT2D eigenvalue weighted by molar-refractivity contribution is -0.142. The van der Waals surface area contributed by atoms with Gasteiger partial charge in [0.25, 0.3) is 0 Å². The van der Waals surface area contributed by atoms with Gasteiger partial charge < -0.3 is 10.0 Å². The van der Waals surface area contributed by atoms with E-state index in [-0.39, 0.29) is 12.1 Å². The molecule has 2 rings (SSSR count). The van der Waals surface area contributed by atoms with Gasteiger partial charge in [-0.15, -0.1) is 11.3 Å². The molecule has 2 amide bonds. The zero-order chi connectivity index (χ0) is 13.3. The van der Waals surface area contributed by atoms with E-state index in [2.05, 4.69) is 10.3 Å². The van der Waals surface area contributed by atoms with Crippen LogP contribution in [0.5, 0.6) is 0 Å². The highest BCUT2D eigenvalue weighted by Gasteiger charge is 2.38. The van der Waals surface area contributed by atoms with E-state index < -0.39 is 11.9 Å². The first-order chi connectivity index (χ1) is 8.49. The lowest BCUT2D eigenvalue weighted by Gasteiger charge is -2.22. The molecule has 0 bridgehead atoms. The minimum atomic E-state index is -0.845. The summed E-state index contributed by atoms with van der Waals surface area (Å²) in [6.45, 7) is 4.14. The number of nitrogens with one attached hydrogen (secondary N) is 1. The van der Waals surface area contributed by atoms with Crippen LogP contribution < -0.4 is 5.32 Å². The first kappa shape index (κ1) is 12.8. The molecular weight excluding hydrogens is 254 g/mol. The molecule has 0 saturated carbocycles. The van der Waals surface area contributed by atoms with Crippen molar-refractivity contribution in [2.24, 2.45) is 5.92 Å². The van der Waals surface area contributed by atoms with Gasteiger partial charge in [0.15, 0.2) is 5.13 Å². The summed E-state index contributed by atoms with van der Waals surface area (Å²) in [7, 11) is 0. The van der Waals surface area contributed by atoms with E-state index in [9.17, 15) is 9.59 Å². The second-order valence-electron chi connectivity index (χ2n) is 4.37. The van der Waals surface area contributed by atoms with E-state index in [1.54, 1.807) is 18.0 Å². The number of likely N-dealkylation sites (tertiary alicyclic amines) is 1. The van der Waals surface area contributed by atoms with Gasteiger partial charge in [0, 0.05) is 23.7 Å². The molecule has 6 nitrogen and oxygen atoms in total. The van der Waals surface area contributed by atoms with Gasteiger partial charge in [-0.2, -0.15) is 0 Å². The van der Waals surface area contributed by atoms with Crippen LogP contribution in [0.2, 0.25) is 0 Å². The summed E-state index contributed by atoms with van der Waals surface area (Å²) in [5.41, 5.74) is 0. The molecule has 18 heavy (non-hydrogen) atoms. The average molecular weight is 269 g/mol. The van der Waals surface area contributed by atoms with Crippen molar-refractivity contribution in [2.75, 3.05) is 11.9 Å². The van der Waals surface area contributed by atoms with E-state index in [0.29, 0.717) is 18.1 Å². The minimum Gasteiger partial charge on any atom is -0.481 e. The maximum absolute atomic E-state index is 12.0. The van der Waals surface area contributed by atoms with E-state index in [1.807, 2.05) is 6.92 Å². The van der Waals surface area contributed by atoms with Crippen molar-refractivity contribution in [2.45, 2.75) is 26.3 Å². The quantitative estimate of drug-likeness (QED) is 0.857. The zero-order valence-corrected chi connectivity index (χ0v) is 11.0. The van der Waals surface area contributed by atoms with Crippen LogP contribution in [0.15, 0.2) is 6.20 Å². The van der Waals surface area contributed by atoms with Crippen LogP contribution in [0.4, 0.5) is 9.93 Å². The second kappa shape index (κ2) is 4.93. The molecule has 0 aliphatic carbocycles. The number of carbonyl (C=O) groups excluding carboxylic acids is 1. The number of nitrogens with zero attached hydrogens (tertiary/aromatic N) is 2. The summed E-state index contributed by atoms with van der Waals surface area (Å²) >= 11 is 1.40. The van der Waals surface area contributed by atoms with Crippen LogP contribution in [0, 0.1) is 12.8 Å². The molecule has 1 aromatic rings. The number of carboxylic acid groups (broad SMARTS) is 1. The summed E-state index contributed by atoms with van der Waals surface area (Å²) in [4.78, 5) is 29.6. The minimum absolute atomic E-state index is 0.277. The SMILES string of the molecule is Cc1cnc(NC(=O)N2CCC(C(=O)O)C2C)s1. The molecule has 1 aliphatic heterocycles. The number of thiazole rings is 1. The lowest BCUT2D eigenvalue weighted by atomic mass is 10.0. The maximum atomic E-state index is 12.0. The third kappa shape index (κ3) is 2.45. The molecule has 2 atom stereocenters. The van der Waals surface area contributed by atoms with Crippen LogP contribution in [0.3, 0.4) is 0 Å². The van der Waals surface area contributed by atoms with E-state index in [1.165, 1.54) is 11.3 Å². The molecule has 1 fully saturated rings. The summed E-state index contributed by atoms with van der Waals surface area (Å²) in [6, 6.07) is -0.566. The Labute approximate surface area is 109 Å². The first-order valence-corrected chi connectivity index (χ1v) is 6.53. The Morgan fingerprint density at radius 3 is 2.83 bits per heavy atom. The van der Waals surface area contributed by atoms with Crippen molar-refractivity contribution in [3.05, 3.63) is 11.1 Å². The Hall–Kier alpha value is -1.63. The van der Waals surface area contributed by atoms with Crippen LogP contribution in [0.1, 0.15) is 18.2 Å². The number of aromatic nitrogens is 1. The Morgan fingerprint density at radius 2 is 2.33 bits per heavy atom. The number of anilines is 1. The van der Waals surface area contributed by atoms with Crippen molar-refractivity contribution >= 4 is 28.5 Å². The monoisotopic (exact) mass is 269 g/mol. The Kier molecular flexibility index (Phi) is 3.51. The van der Waals surface area contributed by atoms with Gasteiger partial charge in [-0.1, -0.05) is 0 Å². The zero-order valence-electron chi connectivity index (χ0n) is 10.2. The molecule has 2 N–H and O–H groups in total. The summed E-state index contributed by atoms with van der Waals surface area (Å²) < 4.78 is 0. The average Bonchev–Trinajstić information content (AvgIpc) is 2.85. The fourth-order valence-electron chi connectivity index (χ4n) is 2.13. The van der Waals surface area contributed by atoms with E-state index in [0.717, 1.165) is 4.88 Å². The molecule has 0 radical (unpaired) electrons. The van der Waals surface area contributed by atoms with Gasteiger partial charge >= 0.3 is 12.0 Å². The van der Waals surface area contributed by atoms with Crippen molar-refractivity contribution in [1.82, 2.24) is 9.88 Å². The molecule has 1 aliphatic rings. The first-order valence-electron chi connectivity index (χ1n) is 5.72. The van der Waals surface area contributed by atoms with Crippen molar-refractivity contribution in [3.8, 4) is 0 Å². The standard InChI is InChI=1S/C11H15N3O3S/c1-6-5-12-10(18-6)13-11(17)14-4-3-8(7(14)2)9(15)16/h5,7-8H,3-4H2,1-2H3,(H,15,16)(H,12,13,17). The van der Waals surface area contributed by atoms with Crippen molar-refractivity contribution < 1.29 is 14.7 Å². The summed E-state index contributed by atoms with van der Waals surface area (Å²) in [5, 5.41) is 12.2. The predicted octanol–water partition coefficient (Wildman–Crippen LogP) is 1.78. The summed E-state index contributed by atoms with van der Waals surface area (Å²) in [5.74, 6) is -1.32. The molecule has 1 aromatic heterocycles. The topological polar surface area (TPSA) is 82.5 Å². The molecule has 98 valence electrons. The highest BCUT2D eigenvalue weighted by Crippen LogP contribution is 2.25. The molecule has 0 spiro atoms. The lowest BCUT2D eigenvalue weighted by Crippen LogP contribution is -2.40. The van der Waals surface area contributed by atoms with Crippen LogP contribution in [-0.4, -0.2) is 39.6 Å². The van der Waals surface area contributed by atoms with Gasteiger partial charge in [-0.3, -0.25) is 10.1 Å². The third-order valence-electron chi connectivity index (χ3n) is 3.17.